The van der Waals surface area contributed by atoms with Gasteiger partial charge in [0.1, 0.15) is 5.82 Å². The first-order valence-electron chi connectivity index (χ1n) is 7.77. The molecule has 21 heavy (non-hydrogen) atoms. The molecule has 1 aliphatic rings. The number of ether oxygens (including phenoxy) is 1. The molecule has 2 heterocycles. The molecule has 1 fully saturated rings. The van der Waals surface area contributed by atoms with Crippen molar-refractivity contribution in [1.82, 2.24) is 9.88 Å². The molecule has 0 radical (unpaired) electrons. The number of hydrogen-bond donors (Lipinski definition) is 1. The zero-order valence-electron chi connectivity index (χ0n) is 13.0. The summed E-state index contributed by atoms with van der Waals surface area (Å²) in [6.45, 7) is 4.54. The normalized spacial score (nSPS) is 17.7. The van der Waals surface area contributed by atoms with Gasteiger partial charge in [-0.3, -0.25) is 4.79 Å². The maximum Gasteiger partial charge on any atom is 0.255 e. The van der Waals surface area contributed by atoms with E-state index < -0.39 is 0 Å². The molecule has 1 saturated heterocycles. The van der Waals surface area contributed by atoms with E-state index in [4.69, 9.17) is 4.74 Å². The van der Waals surface area contributed by atoms with E-state index in [0.29, 0.717) is 5.56 Å². The lowest BCUT2D eigenvalue weighted by molar-refractivity contribution is 0.0793. The Morgan fingerprint density at radius 1 is 1.52 bits per heavy atom. The van der Waals surface area contributed by atoms with Gasteiger partial charge in [0, 0.05) is 32.9 Å². The van der Waals surface area contributed by atoms with Gasteiger partial charge in [-0.1, -0.05) is 13.3 Å². The Morgan fingerprint density at radius 3 is 3.00 bits per heavy atom. The van der Waals surface area contributed by atoms with Gasteiger partial charge in [-0.2, -0.15) is 0 Å². The second kappa shape index (κ2) is 7.98. The van der Waals surface area contributed by atoms with Gasteiger partial charge in [-0.25, -0.2) is 4.98 Å². The van der Waals surface area contributed by atoms with Crippen LogP contribution in [0.2, 0.25) is 0 Å². The molecule has 0 saturated carbocycles. The standard InChI is InChI=1S/C16H25N3O2/c1-3-4-9-19(2)16(20)13-7-8-15(17-11-13)18-12-14-6-5-10-21-14/h7-8,11,14H,3-6,9-10,12H2,1-2H3,(H,17,18). The molecular weight excluding hydrogens is 266 g/mol. The van der Waals surface area contributed by atoms with Crippen LogP contribution in [0, 0.1) is 0 Å². The van der Waals surface area contributed by atoms with Crippen LogP contribution in [0.4, 0.5) is 5.82 Å². The topological polar surface area (TPSA) is 54.5 Å². The summed E-state index contributed by atoms with van der Waals surface area (Å²) in [5, 5.41) is 3.26. The van der Waals surface area contributed by atoms with Gasteiger partial charge in [0.25, 0.3) is 5.91 Å². The summed E-state index contributed by atoms with van der Waals surface area (Å²) in [6, 6.07) is 3.69. The van der Waals surface area contributed by atoms with Crippen LogP contribution in [-0.2, 0) is 4.74 Å². The summed E-state index contributed by atoms with van der Waals surface area (Å²) in [5.74, 6) is 0.819. The highest BCUT2D eigenvalue weighted by Gasteiger charge is 2.15. The quantitative estimate of drug-likeness (QED) is 0.839. The van der Waals surface area contributed by atoms with Gasteiger partial charge < -0.3 is 15.0 Å². The number of nitrogens with one attached hydrogen (secondary N) is 1. The van der Waals surface area contributed by atoms with Crippen molar-refractivity contribution in [3.63, 3.8) is 0 Å². The molecule has 0 spiro atoms. The van der Waals surface area contributed by atoms with E-state index in [9.17, 15) is 4.79 Å². The molecule has 0 bridgehead atoms. The Bertz CT molecular complexity index is 441. The Hall–Kier alpha value is -1.62. The van der Waals surface area contributed by atoms with Crippen LogP contribution in [0.3, 0.4) is 0 Å². The summed E-state index contributed by atoms with van der Waals surface area (Å²) in [7, 11) is 1.83. The number of carbonyl (C=O) groups is 1. The molecule has 0 aromatic carbocycles. The van der Waals surface area contributed by atoms with Crippen LogP contribution in [0.5, 0.6) is 0 Å². The molecule has 116 valence electrons. The minimum atomic E-state index is 0.0293. The van der Waals surface area contributed by atoms with E-state index in [2.05, 4.69) is 17.2 Å². The molecule has 1 amide bonds. The zero-order valence-corrected chi connectivity index (χ0v) is 13.0. The van der Waals surface area contributed by atoms with Crippen LogP contribution in [0.25, 0.3) is 0 Å². The van der Waals surface area contributed by atoms with Crippen LogP contribution in [0.1, 0.15) is 43.0 Å². The summed E-state index contributed by atoms with van der Waals surface area (Å²) in [5.41, 5.74) is 0.635. The molecule has 1 N–H and O–H groups in total. The van der Waals surface area contributed by atoms with Crippen molar-refractivity contribution in [1.29, 1.82) is 0 Å². The molecule has 0 aliphatic carbocycles. The number of hydrogen-bond acceptors (Lipinski definition) is 4. The van der Waals surface area contributed by atoms with Crippen molar-refractivity contribution >= 4 is 11.7 Å². The molecule has 1 aromatic heterocycles. The predicted molar refractivity (Wildman–Crippen MR) is 83.6 cm³/mol. The Balaban J connectivity index is 1.84. The largest absolute Gasteiger partial charge is 0.376 e. The predicted octanol–water partition coefficient (Wildman–Crippen LogP) is 2.54. The lowest BCUT2D eigenvalue weighted by atomic mass is 10.2. The molecule has 5 nitrogen and oxygen atoms in total. The number of pyridine rings is 1. The van der Waals surface area contributed by atoms with Gasteiger partial charge in [-0.15, -0.1) is 0 Å². The number of amides is 1. The van der Waals surface area contributed by atoms with Crippen LogP contribution < -0.4 is 5.32 Å². The first-order valence-corrected chi connectivity index (χ1v) is 7.77. The minimum Gasteiger partial charge on any atom is -0.376 e. The number of nitrogens with zero attached hydrogens (tertiary/aromatic N) is 2. The number of unbranched alkanes of at least 4 members (excludes halogenated alkanes) is 1. The third-order valence-corrected chi connectivity index (χ3v) is 3.74. The Morgan fingerprint density at radius 2 is 2.38 bits per heavy atom. The second-order valence-electron chi connectivity index (χ2n) is 5.53. The maximum absolute atomic E-state index is 12.2. The first kappa shape index (κ1) is 15.8. The minimum absolute atomic E-state index is 0.0293. The second-order valence-corrected chi connectivity index (χ2v) is 5.53. The van der Waals surface area contributed by atoms with Crippen molar-refractivity contribution in [2.24, 2.45) is 0 Å². The SMILES string of the molecule is CCCCN(C)C(=O)c1ccc(NCC2CCCO2)nc1. The van der Waals surface area contributed by atoms with E-state index in [1.807, 2.05) is 19.2 Å². The van der Waals surface area contributed by atoms with Crippen molar-refractivity contribution < 1.29 is 9.53 Å². The lowest BCUT2D eigenvalue weighted by Gasteiger charge is -2.17. The first-order chi connectivity index (χ1) is 10.2. The van der Waals surface area contributed by atoms with Gasteiger partial charge in [0.15, 0.2) is 0 Å². The van der Waals surface area contributed by atoms with E-state index in [-0.39, 0.29) is 12.0 Å². The molecule has 1 atom stereocenters. The van der Waals surface area contributed by atoms with Gasteiger partial charge in [0.05, 0.1) is 11.7 Å². The fourth-order valence-electron chi connectivity index (χ4n) is 2.37. The number of aromatic nitrogens is 1. The number of anilines is 1. The summed E-state index contributed by atoms with van der Waals surface area (Å²) < 4.78 is 5.55. The molecular formula is C16H25N3O2. The van der Waals surface area contributed by atoms with Crippen molar-refractivity contribution in [3.8, 4) is 0 Å². The lowest BCUT2D eigenvalue weighted by Crippen LogP contribution is -2.27. The van der Waals surface area contributed by atoms with E-state index in [0.717, 1.165) is 51.2 Å². The molecule has 5 heteroatoms. The van der Waals surface area contributed by atoms with Crippen molar-refractivity contribution in [2.45, 2.75) is 38.7 Å². The number of rotatable bonds is 7. The van der Waals surface area contributed by atoms with Crippen LogP contribution in [0.15, 0.2) is 18.3 Å². The van der Waals surface area contributed by atoms with E-state index in [1.54, 1.807) is 11.1 Å². The average molecular weight is 291 g/mol. The molecule has 1 aromatic rings. The summed E-state index contributed by atoms with van der Waals surface area (Å²) in [6.07, 6.45) is 6.28. The third-order valence-electron chi connectivity index (χ3n) is 3.74. The molecule has 2 rings (SSSR count). The zero-order chi connectivity index (χ0) is 15.1. The van der Waals surface area contributed by atoms with Crippen LogP contribution in [-0.4, -0.2) is 48.6 Å². The smallest absolute Gasteiger partial charge is 0.255 e. The fourth-order valence-corrected chi connectivity index (χ4v) is 2.37. The van der Waals surface area contributed by atoms with Crippen molar-refractivity contribution in [2.75, 3.05) is 32.1 Å². The van der Waals surface area contributed by atoms with Gasteiger partial charge >= 0.3 is 0 Å². The Labute approximate surface area is 126 Å². The highest BCUT2D eigenvalue weighted by atomic mass is 16.5. The molecule has 1 unspecified atom stereocenters. The maximum atomic E-state index is 12.2. The highest BCUT2D eigenvalue weighted by molar-refractivity contribution is 5.93. The van der Waals surface area contributed by atoms with Gasteiger partial charge in [-0.05, 0) is 31.4 Å². The summed E-state index contributed by atoms with van der Waals surface area (Å²) >= 11 is 0. The third kappa shape index (κ3) is 4.70. The highest BCUT2D eigenvalue weighted by Crippen LogP contribution is 2.13. The monoisotopic (exact) mass is 291 g/mol. The van der Waals surface area contributed by atoms with E-state index in [1.165, 1.54) is 0 Å². The average Bonchev–Trinajstić information content (AvgIpc) is 3.04. The Kier molecular flexibility index (Phi) is 5.99. The molecule has 1 aliphatic heterocycles. The summed E-state index contributed by atoms with van der Waals surface area (Å²) in [4.78, 5) is 18.2. The fraction of sp³-hybridized carbons (Fsp3) is 0.625. The van der Waals surface area contributed by atoms with Crippen LogP contribution >= 0.6 is 0 Å². The van der Waals surface area contributed by atoms with Crippen molar-refractivity contribution in [3.05, 3.63) is 23.9 Å². The van der Waals surface area contributed by atoms with E-state index >= 15 is 0 Å². The number of carbonyl (C=O) groups excluding carboxylic acids is 1. The van der Waals surface area contributed by atoms with Gasteiger partial charge in [0.2, 0.25) is 0 Å².